The van der Waals surface area contributed by atoms with Crippen LogP contribution in [0.25, 0.3) is 0 Å². The predicted molar refractivity (Wildman–Crippen MR) is 68.4 cm³/mol. The Morgan fingerprint density at radius 1 is 1.30 bits per heavy atom. The Labute approximate surface area is 117 Å². The first-order chi connectivity index (χ1) is 9.35. The Bertz CT molecular complexity index is 319. The van der Waals surface area contributed by atoms with Gasteiger partial charge in [0.15, 0.2) is 5.79 Å². The van der Waals surface area contributed by atoms with Gasteiger partial charge in [0.05, 0.1) is 19.8 Å². The summed E-state index contributed by atoms with van der Waals surface area (Å²) >= 11 is 0. The second kappa shape index (κ2) is 6.17. The van der Waals surface area contributed by atoms with Crippen LogP contribution in [0.5, 0.6) is 0 Å². The maximum Gasteiger partial charge on any atom is 0.401 e. The zero-order valence-electron chi connectivity index (χ0n) is 12.0. The van der Waals surface area contributed by atoms with Crippen molar-refractivity contribution in [3.8, 4) is 0 Å². The van der Waals surface area contributed by atoms with Gasteiger partial charge in [0.1, 0.15) is 0 Å². The minimum atomic E-state index is -4.19. The van der Waals surface area contributed by atoms with Crippen LogP contribution < -0.4 is 5.32 Å². The number of alkyl halides is 3. The zero-order chi connectivity index (χ0) is 14.8. The van der Waals surface area contributed by atoms with Crippen molar-refractivity contribution in [2.24, 2.45) is 0 Å². The fourth-order valence-corrected chi connectivity index (χ4v) is 3.25. The maximum absolute atomic E-state index is 12.6. The molecule has 4 nitrogen and oxygen atoms in total. The summed E-state index contributed by atoms with van der Waals surface area (Å²) in [5, 5.41) is 3.29. The highest BCUT2D eigenvalue weighted by Gasteiger charge is 2.47. The predicted octanol–water partition coefficient (Wildman–Crippen LogP) is 1.75. The van der Waals surface area contributed by atoms with E-state index in [2.05, 4.69) is 5.32 Å². The van der Waals surface area contributed by atoms with E-state index >= 15 is 0 Å². The SMILES string of the molecule is CCNC1CCC2(CC1N(C)CC(F)(F)F)OCCO2. The van der Waals surface area contributed by atoms with Gasteiger partial charge in [-0.2, -0.15) is 13.2 Å². The van der Waals surface area contributed by atoms with Crippen LogP contribution >= 0.6 is 0 Å². The molecule has 0 bridgehead atoms. The number of rotatable bonds is 4. The second-order valence-corrected chi connectivity index (χ2v) is 5.61. The average molecular weight is 296 g/mol. The minimum absolute atomic E-state index is 0.0470. The van der Waals surface area contributed by atoms with Crippen molar-refractivity contribution in [3.05, 3.63) is 0 Å². The van der Waals surface area contributed by atoms with E-state index < -0.39 is 18.5 Å². The van der Waals surface area contributed by atoms with E-state index in [0.29, 0.717) is 19.6 Å². The molecule has 0 aromatic rings. The summed E-state index contributed by atoms with van der Waals surface area (Å²) in [6, 6.07) is -0.186. The molecule has 1 aliphatic carbocycles. The molecule has 118 valence electrons. The molecule has 1 aliphatic heterocycles. The van der Waals surface area contributed by atoms with Crippen LogP contribution in [-0.4, -0.2) is 62.3 Å². The van der Waals surface area contributed by atoms with Crippen LogP contribution in [0, 0.1) is 0 Å². The Hall–Kier alpha value is -0.370. The summed E-state index contributed by atoms with van der Waals surface area (Å²) in [4.78, 5) is 1.37. The van der Waals surface area contributed by atoms with Gasteiger partial charge in [-0.1, -0.05) is 6.92 Å². The minimum Gasteiger partial charge on any atom is -0.347 e. The lowest BCUT2D eigenvalue weighted by Crippen LogP contribution is -2.58. The van der Waals surface area contributed by atoms with Crippen molar-refractivity contribution in [1.82, 2.24) is 10.2 Å². The highest BCUT2D eigenvalue weighted by Crippen LogP contribution is 2.38. The molecular weight excluding hydrogens is 273 g/mol. The molecule has 2 fully saturated rings. The molecule has 0 radical (unpaired) electrons. The van der Waals surface area contributed by atoms with Gasteiger partial charge in [-0.05, 0) is 20.0 Å². The highest BCUT2D eigenvalue weighted by molar-refractivity contribution is 4.96. The largest absolute Gasteiger partial charge is 0.401 e. The van der Waals surface area contributed by atoms with E-state index in [-0.39, 0.29) is 12.1 Å². The van der Waals surface area contributed by atoms with Crippen molar-refractivity contribution in [2.45, 2.75) is 50.2 Å². The first-order valence-electron chi connectivity index (χ1n) is 7.13. The topological polar surface area (TPSA) is 33.7 Å². The Morgan fingerprint density at radius 3 is 2.50 bits per heavy atom. The van der Waals surface area contributed by atoms with E-state index in [1.807, 2.05) is 6.92 Å². The van der Waals surface area contributed by atoms with Gasteiger partial charge >= 0.3 is 6.18 Å². The van der Waals surface area contributed by atoms with E-state index in [0.717, 1.165) is 19.4 Å². The van der Waals surface area contributed by atoms with Gasteiger partial charge < -0.3 is 14.8 Å². The summed E-state index contributed by atoms with van der Waals surface area (Å²) in [5.74, 6) is -0.670. The fourth-order valence-electron chi connectivity index (χ4n) is 3.25. The van der Waals surface area contributed by atoms with Crippen LogP contribution in [0.15, 0.2) is 0 Å². The van der Waals surface area contributed by atoms with Crippen molar-refractivity contribution in [1.29, 1.82) is 0 Å². The molecule has 20 heavy (non-hydrogen) atoms. The number of ether oxygens (including phenoxy) is 2. The van der Waals surface area contributed by atoms with Gasteiger partial charge in [-0.25, -0.2) is 0 Å². The van der Waals surface area contributed by atoms with E-state index in [1.165, 1.54) is 11.9 Å². The summed E-state index contributed by atoms with van der Waals surface area (Å²) in [6.07, 6.45) is -2.20. The molecule has 1 heterocycles. The fraction of sp³-hybridized carbons (Fsp3) is 1.00. The monoisotopic (exact) mass is 296 g/mol. The standard InChI is InChI=1S/C13H23F3N2O2/c1-3-17-10-4-5-12(19-6-7-20-12)8-11(10)18(2)9-13(14,15)16/h10-11,17H,3-9H2,1-2H3. The van der Waals surface area contributed by atoms with Crippen molar-refractivity contribution >= 4 is 0 Å². The third kappa shape index (κ3) is 3.84. The zero-order valence-corrected chi connectivity index (χ0v) is 12.0. The molecule has 2 unspecified atom stereocenters. The third-order valence-corrected chi connectivity index (χ3v) is 4.10. The average Bonchev–Trinajstić information content (AvgIpc) is 2.78. The molecule has 0 aromatic heterocycles. The number of hydrogen-bond donors (Lipinski definition) is 1. The molecule has 7 heteroatoms. The van der Waals surface area contributed by atoms with Crippen molar-refractivity contribution in [3.63, 3.8) is 0 Å². The molecular formula is C13H23F3N2O2. The molecule has 0 aromatic carbocycles. The Balaban J connectivity index is 2.06. The normalized spacial score (nSPS) is 30.3. The Morgan fingerprint density at radius 2 is 1.95 bits per heavy atom. The number of nitrogens with one attached hydrogen (secondary N) is 1. The van der Waals surface area contributed by atoms with Crippen LogP contribution in [0.1, 0.15) is 26.2 Å². The van der Waals surface area contributed by atoms with Crippen molar-refractivity contribution in [2.75, 3.05) is 33.4 Å². The first-order valence-corrected chi connectivity index (χ1v) is 7.13. The van der Waals surface area contributed by atoms with Gasteiger partial charge in [0.25, 0.3) is 0 Å². The van der Waals surface area contributed by atoms with Gasteiger partial charge in [0, 0.05) is 24.9 Å². The van der Waals surface area contributed by atoms with E-state index in [4.69, 9.17) is 9.47 Å². The van der Waals surface area contributed by atoms with Crippen LogP contribution in [-0.2, 0) is 9.47 Å². The second-order valence-electron chi connectivity index (χ2n) is 5.61. The Kier molecular flexibility index (Phi) is 4.94. The first kappa shape index (κ1) is 16.0. The summed E-state index contributed by atoms with van der Waals surface area (Å²) in [5.41, 5.74) is 0. The van der Waals surface area contributed by atoms with E-state index in [9.17, 15) is 13.2 Å². The van der Waals surface area contributed by atoms with Crippen LogP contribution in [0.4, 0.5) is 13.2 Å². The lowest BCUT2D eigenvalue weighted by molar-refractivity contribution is -0.201. The smallest absolute Gasteiger partial charge is 0.347 e. The summed E-state index contributed by atoms with van der Waals surface area (Å²) in [6.45, 7) is 2.86. The molecule has 2 aliphatic rings. The van der Waals surface area contributed by atoms with Crippen molar-refractivity contribution < 1.29 is 22.6 Å². The quantitative estimate of drug-likeness (QED) is 0.857. The molecule has 1 spiro atoms. The number of nitrogens with zero attached hydrogens (tertiary/aromatic N) is 1. The lowest BCUT2D eigenvalue weighted by Gasteiger charge is -2.45. The molecule has 1 saturated heterocycles. The molecule has 1 N–H and O–H groups in total. The number of halogens is 3. The summed E-state index contributed by atoms with van der Waals surface area (Å²) < 4.78 is 49.2. The number of likely N-dealkylation sites (N-methyl/N-ethyl adjacent to an activating group) is 2. The van der Waals surface area contributed by atoms with Gasteiger partial charge in [-0.3, -0.25) is 4.90 Å². The molecule has 2 rings (SSSR count). The van der Waals surface area contributed by atoms with Crippen LogP contribution in [0.3, 0.4) is 0 Å². The number of hydrogen-bond acceptors (Lipinski definition) is 4. The van der Waals surface area contributed by atoms with E-state index in [1.54, 1.807) is 0 Å². The van der Waals surface area contributed by atoms with Crippen LogP contribution in [0.2, 0.25) is 0 Å². The molecule has 0 amide bonds. The molecule has 1 saturated carbocycles. The van der Waals surface area contributed by atoms with Gasteiger partial charge in [-0.15, -0.1) is 0 Å². The highest BCUT2D eigenvalue weighted by atomic mass is 19.4. The third-order valence-electron chi connectivity index (χ3n) is 4.10. The summed E-state index contributed by atoms with van der Waals surface area (Å²) in [7, 11) is 1.52. The maximum atomic E-state index is 12.6. The van der Waals surface area contributed by atoms with Gasteiger partial charge in [0.2, 0.25) is 0 Å². The molecule has 2 atom stereocenters. The lowest BCUT2D eigenvalue weighted by atomic mass is 9.84.